The Kier molecular flexibility index (Phi) is 3.56. The zero-order chi connectivity index (χ0) is 14.7. The summed E-state index contributed by atoms with van der Waals surface area (Å²) in [6.45, 7) is 1.99. The van der Waals surface area contributed by atoms with Gasteiger partial charge in [-0.25, -0.2) is 9.97 Å². The third kappa shape index (κ3) is 2.72. The number of benzene rings is 1. The Labute approximate surface area is 122 Å². The monoisotopic (exact) mass is 282 g/mol. The van der Waals surface area contributed by atoms with Gasteiger partial charge < -0.3 is 14.4 Å². The van der Waals surface area contributed by atoms with Crippen molar-refractivity contribution in [2.24, 2.45) is 0 Å². The lowest BCUT2D eigenvalue weighted by molar-refractivity contribution is 0.330. The van der Waals surface area contributed by atoms with Crippen molar-refractivity contribution in [3.63, 3.8) is 0 Å². The molecule has 2 aromatic rings. The predicted octanol–water partition coefficient (Wildman–Crippen LogP) is 1.76. The highest BCUT2D eigenvalue weighted by molar-refractivity contribution is 5.48. The molecule has 0 spiro atoms. The van der Waals surface area contributed by atoms with Crippen LogP contribution in [0.4, 0.5) is 5.69 Å². The van der Waals surface area contributed by atoms with E-state index in [4.69, 9.17) is 14.7 Å². The maximum absolute atomic E-state index is 8.75. The number of nitriles is 1. The van der Waals surface area contributed by atoms with E-state index >= 15 is 0 Å². The van der Waals surface area contributed by atoms with Crippen molar-refractivity contribution < 1.29 is 9.47 Å². The van der Waals surface area contributed by atoms with Gasteiger partial charge in [0.1, 0.15) is 24.2 Å². The summed E-state index contributed by atoms with van der Waals surface area (Å²) in [7, 11) is 1.64. The van der Waals surface area contributed by atoms with Gasteiger partial charge in [-0.15, -0.1) is 0 Å². The summed E-state index contributed by atoms with van der Waals surface area (Å²) < 4.78 is 11.0. The summed E-state index contributed by atoms with van der Waals surface area (Å²) in [5, 5.41) is 8.75. The first kappa shape index (κ1) is 13.2. The molecular formula is C15H14N4O2. The maximum atomic E-state index is 8.75. The molecule has 0 fully saturated rings. The van der Waals surface area contributed by atoms with Crippen molar-refractivity contribution in [1.29, 1.82) is 5.26 Å². The number of aromatic nitrogens is 2. The Morgan fingerprint density at radius 2 is 2.14 bits per heavy atom. The van der Waals surface area contributed by atoms with Crippen LogP contribution in [0.1, 0.15) is 11.4 Å². The highest BCUT2D eigenvalue weighted by atomic mass is 16.5. The second-order valence-electron chi connectivity index (χ2n) is 4.62. The molecule has 0 saturated heterocycles. The van der Waals surface area contributed by atoms with Crippen molar-refractivity contribution in [1.82, 2.24) is 9.97 Å². The van der Waals surface area contributed by atoms with E-state index in [0.717, 1.165) is 29.3 Å². The first-order valence-electron chi connectivity index (χ1n) is 6.57. The van der Waals surface area contributed by atoms with Crippen molar-refractivity contribution in [2.45, 2.75) is 6.54 Å². The molecular weight excluding hydrogens is 268 g/mol. The predicted molar refractivity (Wildman–Crippen MR) is 76.3 cm³/mol. The topological polar surface area (TPSA) is 71.3 Å². The molecule has 0 aliphatic carbocycles. The Bertz CT molecular complexity index is 679. The molecule has 3 rings (SSSR count). The summed E-state index contributed by atoms with van der Waals surface area (Å²) in [4.78, 5) is 10.1. The molecule has 21 heavy (non-hydrogen) atoms. The highest BCUT2D eigenvalue weighted by Gasteiger charge is 2.17. The summed E-state index contributed by atoms with van der Waals surface area (Å²) in [5.41, 5.74) is 1.92. The van der Waals surface area contributed by atoms with Gasteiger partial charge in [0.05, 0.1) is 31.7 Å². The van der Waals surface area contributed by atoms with E-state index in [-0.39, 0.29) is 5.82 Å². The van der Waals surface area contributed by atoms with Gasteiger partial charge in [0, 0.05) is 12.1 Å². The van der Waals surface area contributed by atoms with E-state index in [1.165, 1.54) is 0 Å². The van der Waals surface area contributed by atoms with Crippen molar-refractivity contribution in [2.75, 3.05) is 25.2 Å². The SMILES string of the molecule is COc1ccc2c(c1)CN(c1cnc(C#N)nc1)CCO2. The molecule has 0 radical (unpaired) electrons. The molecule has 0 amide bonds. The molecule has 1 aliphatic rings. The van der Waals surface area contributed by atoms with Gasteiger partial charge >= 0.3 is 0 Å². The standard InChI is InChI=1S/C15H14N4O2/c1-20-13-2-3-14-11(6-13)10-19(4-5-21-14)12-8-17-15(7-16)18-9-12/h2-3,6,8-9H,4-5,10H2,1H3. The zero-order valence-corrected chi connectivity index (χ0v) is 11.6. The van der Waals surface area contributed by atoms with Crippen LogP contribution in [0.25, 0.3) is 0 Å². The van der Waals surface area contributed by atoms with E-state index in [0.29, 0.717) is 13.2 Å². The Hall–Kier alpha value is -2.81. The fraction of sp³-hybridized carbons (Fsp3) is 0.267. The van der Waals surface area contributed by atoms with Crippen LogP contribution >= 0.6 is 0 Å². The number of methoxy groups -OCH3 is 1. The molecule has 6 nitrogen and oxygen atoms in total. The van der Waals surface area contributed by atoms with Crippen LogP contribution in [-0.4, -0.2) is 30.2 Å². The van der Waals surface area contributed by atoms with Crippen LogP contribution in [0, 0.1) is 11.3 Å². The number of fused-ring (bicyclic) bond motifs is 1. The van der Waals surface area contributed by atoms with Crippen LogP contribution < -0.4 is 14.4 Å². The molecule has 1 aromatic carbocycles. The first-order valence-corrected chi connectivity index (χ1v) is 6.57. The van der Waals surface area contributed by atoms with E-state index in [1.807, 2.05) is 24.3 Å². The Balaban J connectivity index is 1.88. The summed E-state index contributed by atoms with van der Waals surface area (Å²) in [5.74, 6) is 1.84. The fourth-order valence-corrected chi connectivity index (χ4v) is 2.26. The van der Waals surface area contributed by atoms with Crippen LogP contribution in [0.15, 0.2) is 30.6 Å². The molecule has 6 heteroatoms. The van der Waals surface area contributed by atoms with Gasteiger partial charge in [0.15, 0.2) is 0 Å². The van der Waals surface area contributed by atoms with E-state index in [9.17, 15) is 0 Å². The third-order valence-electron chi connectivity index (χ3n) is 3.35. The van der Waals surface area contributed by atoms with Gasteiger partial charge in [-0.1, -0.05) is 0 Å². The number of ether oxygens (including phenoxy) is 2. The minimum atomic E-state index is 0.173. The molecule has 2 heterocycles. The van der Waals surface area contributed by atoms with E-state index in [1.54, 1.807) is 19.5 Å². The second-order valence-corrected chi connectivity index (χ2v) is 4.62. The smallest absolute Gasteiger partial charge is 0.232 e. The van der Waals surface area contributed by atoms with Gasteiger partial charge in [0.25, 0.3) is 0 Å². The van der Waals surface area contributed by atoms with Crippen LogP contribution in [0.3, 0.4) is 0 Å². The number of hydrogen-bond donors (Lipinski definition) is 0. The maximum Gasteiger partial charge on any atom is 0.232 e. The highest BCUT2D eigenvalue weighted by Crippen LogP contribution is 2.29. The fourth-order valence-electron chi connectivity index (χ4n) is 2.26. The lowest BCUT2D eigenvalue weighted by Crippen LogP contribution is -2.25. The molecule has 0 atom stereocenters. The molecule has 1 aliphatic heterocycles. The number of hydrogen-bond acceptors (Lipinski definition) is 6. The van der Waals surface area contributed by atoms with Crippen LogP contribution in [0.2, 0.25) is 0 Å². The number of anilines is 1. The second kappa shape index (κ2) is 5.67. The zero-order valence-electron chi connectivity index (χ0n) is 11.6. The third-order valence-corrected chi connectivity index (χ3v) is 3.35. The number of rotatable bonds is 2. The van der Waals surface area contributed by atoms with E-state index in [2.05, 4.69) is 14.9 Å². The Morgan fingerprint density at radius 1 is 1.33 bits per heavy atom. The largest absolute Gasteiger partial charge is 0.497 e. The average Bonchev–Trinajstić information content (AvgIpc) is 2.76. The molecule has 1 aromatic heterocycles. The quantitative estimate of drug-likeness (QED) is 0.835. The van der Waals surface area contributed by atoms with Gasteiger partial charge in [-0.2, -0.15) is 5.26 Å². The Morgan fingerprint density at radius 3 is 2.86 bits per heavy atom. The molecule has 0 N–H and O–H groups in total. The normalized spacial score (nSPS) is 13.6. The molecule has 0 saturated carbocycles. The lowest BCUT2D eigenvalue weighted by Gasteiger charge is -2.21. The van der Waals surface area contributed by atoms with Crippen LogP contribution in [0.5, 0.6) is 11.5 Å². The summed E-state index contributed by atoms with van der Waals surface area (Å²) in [6.07, 6.45) is 3.33. The summed E-state index contributed by atoms with van der Waals surface area (Å²) in [6, 6.07) is 7.70. The molecule has 0 unspecified atom stereocenters. The van der Waals surface area contributed by atoms with E-state index < -0.39 is 0 Å². The van der Waals surface area contributed by atoms with Crippen molar-refractivity contribution >= 4 is 5.69 Å². The van der Waals surface area contributed by atoms with Gasteiger partial charge in [0.2, 0.25) is 5.82 Å². The minimum Gasteiger partial charge on any atom is -0.497 e. The minimum absolute atomic E-state index is 0.173. The van der Waals surface area contributed by atoms with Crippen molar-refractivity contribution in [3.8, 4) is 17.6 Å². The molecule has 106 valence electrons. The first-order chi connectivity index (χ1) is 10.3. The van der Waals surface area contributed by atoms with Crippen molar-refractivity contribution in [3.05, 3.63) is 42.0 Å². The van der Waals surface area contributed by atoms with Crippen LogP contribution in [-0.2, 0) is 6.54 Å². The summed E-state index contributed by atoms with van der Waals surface area (Å²) >= 11 is 0. The van der Waals surface area contributed by atoms with Gasteiger partial charge in [-0.3, -0.25) is 0 Å². The molecule has 0 bridgehead atoms. The average molecular weight is 282 g/mol. The lowest BCUT2D eigenvalue weighted by atomic mass is 10.1. The van der Waals surface area contributed by atoms with Gasteiger partial charge in [-0.05, 0) is 18.2 Å². The number of nitrogens with zero attached hydrogens (tertiary/aromatic N) is 4.